The molecule has 0 heterocycles. The molecule has 1 aromatic rings. The number of rotatable bonds is 3. The summed E-state index contributed by atoms with van der Waals surface area (Å²) in [6.07, 6.45) is 1.18. The third kappa shape index (κ3) is 2.55. The van der Waals surface area contributed by atoms with Gasteiger partial charge in [0, 0.05) is 5.56 Å². The van der Waals surface area contributed by atoms with Crippen molar-refractivity contribution >= 4 is 17.7 Å². The van der Waals surface area contributed by atoms with Crippen molar-refractivity contribution in [3.8, 4) is 5.75 Å². The lowest BCUT2D eigenvalue weighted by atomic mass is 10.1. The minimum absolute atomic E-state index is 0.177. The highest BCUT2D eigenvalue weighted by molar-refractivity contribution is 6.32. The number of hydrogen-bond acceptors (Lipinski definition) is 3. The zero-order chi connectivity index (χ0) is 11.5. The number of halogens is 2. The Balaban J connectivity index is 3.17. The van der Waals surface area contributed by atoms with Gasteiger partial charge in [-0.25, -0.2) is 9.18 Å². The number of isocyanates is 1. The van der Waals surface area contributed by atoms with E-state index in [9.17, 15) is 9.18 Å². The van der Waals surface area contributed by atoms with E-state index in [2.05, 4.69) is 4.99 Å². The highest BCUT2D eigenvalue weighted by atomic mass is 35.5. The molecule has 0 N–H and O–H groups in total. The summed E-state index contributed by atoms with van der Waals surface area (Å²) in [7, 11) is 1.46. The van der Waals surface area contributed by atoms with Gasteiger partial charge in [0.25, 0.3) is 0 Å². The SMILES string of the molecule is COc1ccc(C(C)(F)N=C=O)cc1Cl. The van der Waals surface area contributed by atoms with E-state index < -0.39 is 5.79 Å². The molecule has 0 saturated carbocycles. The lowest BCUT2D eigenvalue weighted by Gasteiger charge is -2.14. The fourth-order valence-corrected chi connectivity index (χ4v) is 1.36. The Hall–Kier alpha value is -1.38. The van der Waals surface area contributed by atoms with Crippen LogP contribution in [0.3, 0.4) is 0 Å². The van der Waals surface area contributed by atoms with Gasteiger partial charge >= 0.3 is 0 Å². The second-order valence-corrected chi connectivity index (χ2v) is 3.41. The summed E-state index contributed by atoms with van der Waals surface area (Å²) < 4.78 is 18.6. The molecule has 0 saturated heterocycles. The van der Waals surface area contributed by atoms with E-state index in [4.69, 9.17) is 16.3 Å². The molecule has 1 rings (SSSR count). The van der Waals surface area contributed by atoms with Crippen molar-refractivity contribution in [2.24, 2.45) is 4.99 Å². The van der Waals surface area contributed by atoms with Crippen LogP contribution in [0.5, 0.6) is 5.75 Å². The van der Waals surface area contributed by atoms with Gasteiger partial charge in [-0.2, -0.15) is 4.99 Å². The molecule has 0 aliphatic heterocycles. The Kier molecular flexibility index (Phi) is 3.45. The number of methoxy groups -OCH3 is 1. The smallest absolute Gasteiger partial charge is 0.238 e. The molecule has 0 radical (unpaired) electrons. The highest BCUT2D eigenvalue weighted by Crippen LogP contribution is 2.32. The topological polar surface area (TPSA) is 38.7 Å². The number of nitrogens with zero attached hydrogens (tertiary/aromatic N) is 1. The largest absolute Gasteiger partial charge is 0.495 e. The molecule has 5 heteroatoms. The van der Waals surface area contributed by atoms with Crippen molar-refractivity contribution in [1.29, 1.82) is 0 Å². The van der Waals surface area contributed by atoms with Crippen molar-refractivity contribution < 1.29 is 13.9 Å². The number of alkyl halides is 1. The molecule has 15 heavy (non-hydrogen) atoms. The predicted octanol–water partition coefficient (Wildman–Crippen LogP) is 2.83. The first-order valence-corrected chi connectivity index (χ1v) is 4.51. The number of ether oxygens (including phenoxy) is 1. The quantitative estimate of drug-likeness (QED) is 0.454. The second-order valence-electron chi connectivity index (χ2n) is 3.01. The van der Waals surface area contributed by atoms with Crippen LogP contribution in [0, 0.1) is 0 Å². The fourth-order valence-electron chi connectivity index (χ4n) is 1.10. The standard InChI is InChI=1S/C10H9ClFNO2/c1-10(12,13-6-14)7-3-4-9(15-2)8(11)5-7/h3-5H,1-2H3. The Morgan fingerprint density at radius 3 is 2.73 bits per heavy atom. The highest BCUT2D eigenvalue weighted by Gasteiger charge is 2.25. The summed E-state index contributed by atoms with van der Waals surface area (Å²) in [6, 6.07) is 4.32. The van der Waals surface area contributed by atoms with Crippen LogP contribution in [-0.2, 0) is 10.6 Å². The van der Waals surface area contributed by atoms with E-state index >= 15 is 0 Å². The van der Waals surface area contributed by atoms with Crippen LogP contribution in [0.25, 0.3) is 0 Å². The summed E-state index contributed by atoms with van der Waals surface area (Å²) in [5.74, 6) is -1.68. The van der Waals surface area contributed by atoms with Gasteiger partial charge < -0.3 is 4.74 Å². The molecule has 1 aromatic carbocycles. The first-order chi connectivity index (χ1) is 7.01. The van der Waals surface area contributed by atoms with Crippen LogP contribution in [0.2, 0.25) is 5.02 Å². The van der Waals surface area contributed by atoms with Gasteiger partial charge in [-0.15, -0.1) is 0 Å². The van der Waals surface area contributed by atoms with Gasteiger partial charge in [0.2, 0.25) is 11.9 Å². The lowest BCUT2D eigenvalue weighted by Crippen LogP contribution is -2.11. The van der Waals surface area contributed by atoms with Crippen LogP contribution in [0.1, 0.15) is 12.5 Å². The van der Waals surface area contributed by atoms with Gasteiger partial charge in [0.05, 0.1) is 12.1 Å². The molecule has 0 aliphatic rings. The molecule has 0 amide bonds. The Bertz CT molecular complexity index is 414. The minimum atomic E-state index is -2.11. The zero-order valence-electron chi connectivity index (χ0n) is 8.25. The van der Waals surface area contributed by atoms with E-state index in [-0.39, 0.29) is 10.6 Å². The second kappa shape index (κ2) is 4.43. The van der Waals surface area contributed by atoms with Crippen molar-refractivity contribution in [2.75, 3.05) is 7.11 Å². The number of aliphatic imine (C=N–C) groups is 1. The molecule has 1 atom stereocenters. The molecule has 3 nitrogen and oxygen atoms in total. The normalized spacial score (nSPS) is 13.9. The summed E-state index contributed by atoms with van der Waals surface area (Å²) >= 11 is 5.80. The van der Waals surface area contributed by atoms with Crippen LogP contribution in [0.15, 0.2) is 23.2 Å². The maximum absolute atomic E-state index is 13.7. The van der Waals surface area contributed by atoms with Crippen molar-refractivity contribution in [3.63, 3.8) is 0 Å². The first-order valence-electron chi connectivity index (χ1n) is 4.13. The van der Waals surface area contributed by atoms with Crippen LogP contribution < -0.4 is 4.74 Å². The maximum atomic E-state index is 13.7. The van der Waals surface area contributed by atoms with Crippen molar-refractivity contribution in [2.45, 2.75) is 12.7 Å². The summed E-state index contributed by atoms with van der Waals surface area (Å²) in [5.41, 5.74) is 0.177. The average molecular weight is 230 g/mol. The third-order valence-electron chi connectivity index (χ3n) is 1.93. The number of hydrogen-bond donors (Lipinski definition) is 0. The van der Waals surface area contributed by atoms with Crippen LogP contribution in [0.4, 0.5) is 4.39 Å². The van der Waals surface area contributed by atoms with Gasteiger partial charge in [0.1, 0.15) is 5.75 Å². The third-order valence-corrected chi connectivity index (χ3v) is 2.23. The van der Waals surface area contributed by atoms with Crippen molar-refractivity contribution in [3.05, 3.63) is 28.8 Å². The Labute approximate surface area is 91.5 Å². The molecule has 0 spiro atoms. The van der Waals surface area contributed by atoms with Crippen molar-refractivity contribution in [1.82, 2.24) is 0 Å². The molecular weight excluding hydrogens is 221 g/mol. The molecule has 0 aliphatic carbocycles. The Morgan fingerprint density at radius 2 is 2.27 bits per heavy atom. The zero-order valence-corrected chi connectivity index (χ0v) is 9.01. The van der Waals surface area contributed by atoms with Gasteiger partial charge in [-0.05, 0) is 19.1 Å². The average Bonchev–Trinajstić information content (AvgIpc) is 2.17. The number of benzene rings is 1. The van der Waals surface area contributed by atoms with E-state index in [0.29, 0.717) is 5.75 Å². The first kappa shape index (κ1) is 11.7. The van der Waals surface area contributed by atoms with Gasteiger partial charge in [0.15, 0.2) is 0 Å². The van der Waals surface area contributed by atoms with E-state index in [0.717, 1.165) is 6.92 Å². The number of carbonyl (C=O) groups excluding carboxylic acids is 1. The monoisotopic (exact) mass is 229 g/mol. The summed E-state index contributed by atoms with van der Waals surface area (Å²) in [6.45, 7) is 1.15. The van der Waals surface area contributed by atoms with E-state index in [1.54, 1.807) is 0 Å². The minimum Gasteiger partial charge on any atom is -0.495 e. The summed E-state index contributed by atoms with van der Waals surface area (Å²) in [4.78, 5) is 13.1. The molecule has 0 bridgehead atoms. The predicted molar refractivity (Wildman–Crippen MR) is 54.6 cm³/mol. The molecule has 80 valence electrons. The maximum Gasteiger partial charge on any atom is 0.238 e. The lowest BCUT2D eigenvalue weighted by molar-refractivity contribution is 0.206. The van der Waals surface area contributed by atoms with Gasteiger partial charge in [-0.1, -0.05) is 17.7 Å². The van der Waals surface area contributed by atoms with Crippen LogP contribution in [-0.4, -0.2) is 13.2 Å². The van der Waals surface area contributed by atoms with E-state index in [1.807, 2.05) is 0 Å². The molecule has 0 aromatic heterocycles. The Morgan fingerprint density at radius 1 is 1.60 bits per heavy atom. The van der Waals surface area contributed by atoms with Gasteiger partial charge in [-0.3, -0.25) is 0 Å². The molecule has 0 fully saturated rings. The molecule has 1 unspecified atom stereocenters. The fraction of sp³-hybridized carbons (Fsp3) is 0.300. The molecular formula is C10H9ClFNO2. The summed E-state index contributed by atoms with van der Waals surface area (Å²) in [5, 5.41) is 0.264. The van der Waals surface area contributed by atoms with E-state index in [1.165, 1.54) is 31.4 Å². The van der Waals surface area contributed by atoms with Crippen LogP contribution >= 0.6 is 11.6 Å².